The van der Waals surface area contributed by atoms with Crippen LogP contribution in [0.2, 0.25) is 0 Å². The van der Waals surface area contributed by atoms with Crippen molar-refractivity contribution >= 4 is 23.1 Å². The van der Waals surface area contributed by atoms with E-state index in [0.29, 0.717) is 23.1 Å². The average Bonchev–Trinajstić information content (AvgIpc) is 2.98. The number of nitrogens with two attached hydrogens (primary N) is 1. The standard InChI is InChI=1S/C10H12N8/c1-17-4-2-7(16-17)13-9-10-12-3-5-18(10)6-8(14-9)15-11/h2-6,15H,11H2,1H3,(H,13,14,16). The molecule has 0 radical (unpaired) electrons. The highest BCUT2D eigenvalue weighted by Gasteiger charge is 2.08. The van der Waals surface area contributed by atoms with Crippen LogP contribution in [0.15, 0.2) is 30.9 Å². The van der Waals surface area contributed by atoms with Crippen LogP contribution in [0.1, 0.15) is 0 Å². The molecule has 0 saturated carbocycles. The Balaban J connectivity index is 2.06. The zero-order valence-electron chi connectivity index (χ0n) is 9.70. The van der Waals surface area contributed by atoms with Gasteiger partial charge in [-0.25, -0.2) is 15.8 Å². The van der Waals surface area contributed by atoms with E-state index < -0.39 is 0 Å². The third-order valence-electron chi connectivity index (χ3n) is 2.48. The van der Waals surface area contributed by atoms with Crippen molar-refractivity contribution in [3.8, 4) is 0 Å². The molecule has 18 heavy (non-hydrogen) atoms. The minimum absolute atomic E-state index is 0.541. The summed E-state index contributed by atoms with van der Waals surface area (Å²) in [6.45, 7) is 0. The number of aryl methyl sites for hydroxylation is 1. The Labute approximate surface area is 102 Å². The molecule has 0 aliphatic carbocycles. The van der Waals surface area contributed by atoms with E-state index in [-0.39, 0.29) is 0 Å². The van der Waals surface area contributed by atoms with Gasteiger partial charge in [0.1, 0.15) is 0 Å². The summed E-state index contributed by atoms with van der Waals surface area (Å²) < 4.78 is 3.53. The van der Waals surface area contributed by atoms with Crippen molar-refractivity contribution in [2.75, 3.05) is 10.7 Å². The Morgan fingerprint density at radius 2 is 2.17 bits per heavy atom. The molecule has 3 aromatic heterocycles. The molecule has 3 heterocycles. The molecule has 0 spiro atoms. The summed E-state index contributed by atoms with van der Waals surface area (Å²) in [6.07, 6.45) is 7.12. The second kappa shape index (κ2) is 4.00. The predicted octanol–water partition coefficient (Wildman–Crippen LogP) is 0.492. The maximum absolute atomic E-state index is 5.38. The molecule has 92 valence electrons. The molecule has 3 rings (SSSR count). The van der Waals surface area contributed by atoms with Gasteiger partial charge < -0.3 is 15.1 Å². The van der Waals surface area contributed by atoms with E-state index in [1.807, 2.05) is 29.9 Å². The number of imidazole rings is 1. The first-order chi connectivity index (χ1) is 8.76. The van der Waals surface area contributed by atoms with Gasteiger partial charge in [-0.15, -0.1) is 0 Å². The molecule has 0 aliphatic heterocycles. The van der Waals surface area contributed by atoms with Gasteiger partial charge in [0.15, 0.2) is 23.1 Å². The van der Waals surface area contributed by atoms with Crippen LogP contribution in [0.25, 0.3) is 5.65 Å². The zero-order chi connectivity index (χ0) is 12.5. The number of hydrogen-bond acceptors (Lipinski definition) is 6. The first kappa shape index (κ1) is 10.5. The van der Waals surface area contributed by atoms with Crippen LogP contribution in [0.4, 0.5) is 17.5 Å². The van der Waals surface area contributed by atoms with E-state index in [1.54, 1.807) is 17.1 Å². The van der Waals surface area contributed by atoms with Gasteiger partial charge >= 0.3 is 0 Å². The second-order valence-corrected chi connectivity index (χ2v) is 3.78. The normalized spacial score (nSPS) is 10.8. The van der Waals surface area contributed by atoms with Crippen molar-refractivity contribution in [1.82, 2.24) is 24.1 Å². The number of nitrogens with zero attached hydrogens (tertiary/aromatic N) is 5. The number of fused-ring (bicyclic) bond motifs is 1. The quantitative estimate of drug-likeness (QED) is 0.458. The molecular formula is C10H12N8. The van der Waals surface area contributed by atoms with Crippen LogP contribution in [0.3, 0.4) is 0 Å². The van der Waals surface area contributed by atoms with E-state index in [0.717, 1.165) is 0 Å². The molecule has 8 heteroatoms. The van der Waals surface area contributed by atoms with Gasteiger partial charge in [0.25, 0.3) is 0 Å². The number of aromatic nitrogens is 5. The molecule has 0 fully saturated rings. The van der Waals surface area contributed by atoms with Crippen LogP contribution in [0, 0.1) is 0 Å². The van der Waals surface area contributed by atoms with Gasteiger partial charge in [-0.2, -0.15) is 5.10 Å². The summed E-state index contributed by atoms with van der Waals surface area (Å²) in [6, 6.07) is 1.85. The van der Waals surface area contributed by atoms with Crippen LogP contribution in [-0.2, 0) is 7.05 Å². The van der Waals surface area contributed by atoms with Gasteiger partial charge in [-0.3, -0.25) is 4.68 Å². The van der Waals surface area contributed by atoms with Crippen molar-refractivity contribution in [2.45, 2.75) is 0 Å². The van der Waals surface area contributed by atoms with Crippen molar-refractivity contribution in [2.24, 2.45) is 12.9 Å². The molecule has 0 amide bonds. The van der Waals surface area contributed by atoms with Crippen molar-refractivity contribution in [3.63, 3.8) is 0 Å². The number of rotatable bonds is 3. The lowest BCUT2D eigenvalue weighted by Gasteiger charge is -2.07. The molecule has 0 aliphatic rings. The molecule has 4 N–H and O–H groups in total. The monoisotopic (exact) mass is 244 g/mol. The molecule has 3 aromatic rings. The predicted molar refractivity (Wildman–Crippen MR) is 67.3 cm³/mol. The van der Waals surface area contributed by atoms with Gasteiger partial charge in [0.2, 0.25) is 0 Å². The Hall–Kier alpha value is -2.61. The minimum Gasteiger partial charge on any atom is -0.320 e. The highest BCUT2D eigenvalue weighted by atomic mass is 15.3. The van der Waals surface area contributed by atoms with Crippen LogP contribution >= 0.6 is 0 Å². The van der Waals surface area contributed by atoms with Crippen LogP contribution < -0.4 is 16.6 Å². The highest BCUT2D eigenvalue weighted by molar-refractivity contribution is 5.70. The van der Waals surface area contributed by atoms with Gasteiger partial charge in [0, 0.05) is 31.7 Å². The van der Waals surface area contributed by atoms with E-state index >= 15 is 0 Å². The molecule has 0 saturated heterocycles. The lowest BCUT2D eigenvalue weighted by molar-refractivity contribution is 0.771. The van der Waals surface area contributed by atoms with Gasteiger partial charge in [0.05, 0.1) is 6.20 Å². The largest absolute Gasteiger partial charge is 0.320 e. The summed E-state index contributed by atoms with van der Waals surface area (Å²) in [5, 5.41) is 7.34. The molecular weight excluding hydrogens is 232 g/mol. The summed E-state index contributed by atoms with van der Waals surface area (Å²) in [5.74, 6) is 7.21. The SMILES string of the molecule is Cn1ccc(Nc2nc(NN)cn3ccnc23)n1. The Morgan fingerprint density at radius 1 is 1.28 bits per heavy atom. The molecule has 0 atom stereocenters. The molecule has 0 bridgehead atoms. The van der Waals surface area contributed by atoms with Crippen LogP contribution in [-0.4, -0.2) is 24.1 Å². The van der Waals surface area contributed by atoms with Gasteiger partial charge in [-0.1, -0.05) is 0 Å². The summed E-state index contributed by atoms with van der Waals surface area (Å²) in [7, 11) is 1.85. The summed E-state index contributed by atoms with van der Waals surface area (Å²) in [4.78, 5) is 8.55. The smallest absolute Gasteiger partial charge is 0.180 e. The Kier molecular flexibility index (Phi) is 2.34. The summed E-state index contributed by atoms with van der Waals surface area (Å²) in [5.41, 5.74) is 3.22. The third kappa shape index (κ3) is 1.74. The fourth-order valence-electron chi connectivity index (χ4n) is 1.69. The number of hydrazine groups is 1. The summed E-state index contributed by atoms with van der Waals surface area (Å²) >= 11 is 0. The number of hydrogen-bond donors (Lipinski definition) is 3. The van der Waals surface area contributed by atoms with E-state index in [9.17, 15) is 0 Å². The topological polar surface area (TPSA) is 98.1 Å². The van der Waals surface area contributed by atoms with Crippen LogP contribution in [0.5, 0.6) is 0 Å². The molecule has 0 aromatic carbocycles. The minimum atomic E-state index is 0.541. The lowest BCUT2D eigenvalue weighted by atomic mass is 10.5. The van der Waals surface area contributed by atoms with E-state index in [1.165, 1.54) is 0 Å². The number of nitrogens with one attached hydrogen (secondary N) is 2. The van der Waals surface area contributed by atoms with Crippen molar-refractivity contribution in [3.05, 3.63) is 30.9 Å². The maximum atomic E-state index is 5.38. The lowest BCUT2D eigenvalue weighted by Crippen LogP contribution is -2.11. The number of nitrogen functional groups attached to an aromatic ring is 1. The van der Waals surface area contributed by atoms with E-state index in [4.69, 9.17) is 5.84 Å². The van der Waals surface area contributed by atoms with Crippen molar-refractivity contribution < 1.29 is 0 Å². The fraction of sp³-hybridized carbons (Fsp3) is 0.100. The first-order valence-corrected chi connectivity index (χ1v) is 5.33. The third-order valence-corrected chi connectivity index (χ3v) is 2.48. The molecule has 8 nitrogen and oxygen atoms in total. The van der Waals surface area contributed by atoms with Gasteiger partial charge in [-0.05, 0) is 0 Å². The Morgan fingerprint density at radius 3 is 2.89 bits per heavy atom. The zero-order valence-corrected chi connectivity index (χ0v) is 9.70. The van der Waals surface area contributed by atoms with E-state index in [2.05, 4.69) is 25.8 Å². The Bertz CT molecular complexity index is 682. The molecule has 0 unspecified atom stereocenters. The number of anilines is 3. The average molecular weight is 244 g/mol. The second-order valence-electron chi connectivity index (χ2n) is 3.78. The fourth-order valence-corrected chi connectivity index (χ4v) is 1.69. The highest BCUT2D eigenvalue weighted by Crippen LogP contribution is 2.19. The van der Waals surface area contributed by atoms with Crippen molar-refractivity contribution in [1.29, 1.82) is 0 Å². The first-order valence-electron chi connectivity index (χ1n) is 5.33. The maximum Gasteiger partial charge on any atom is 0.180 e.